The first-order valence-electron chi connectivity index (χ1n) is 7.67. The van der Waals surface area contributed by atoms with Crippen molar-refractivity contribution in [3.05, 3.63) is 43.9 Å². The summed E-state index contributed by atoms with van der Waals surface area (Å²) in [5.41, 5.74) is 1.31. The normalized spacial score (nSPS) is 10.7. The van der Waals surface area contributed by atoms with Crippen molar-refractivity contribution in [3.63, 3.8) is 0 Å². The van der Waals surface area contributed by atoms with Crippen LogP contribution in [0.1, 0.15) is 24.5 Å². The van der Waals surface area contributed by atoms with E-state index in [4.69, 9.17) is 0 Å². The standard InChI is InChI=1S/C15H19N5O4S/c1-4-5-19-14(22)17-18-15(19)25-8-13(21)16-11-6-9(2)10(3)7-12(11)20(23)24/h6-7H,4-5,8H2,1-3H3,(H,16,21)(H,17,22). The maximum atomic E-state index is 12.2. The zero-order valence-corrected chi connectivity index (χ0v) is 15.0. The van der Waals surface area contributed by atoms with Crippen LogP contribution in [0.4, 0.5) is 11.4 Å². The van der Waals surface area contributed by atoms with Gasteiger partial charge in [0.1, 0.15) is 5.69 Å². The Bertz CT molecular complexity index is 858. The van der Waals surface area contributed by atoms with Crippen molar-refractivity contribution in [1.82, 2.24) is 14.8 Å². The fourth-order valence-corrected chi connectivity index (χ4v) is 2.98. The van der Waals surface area contributed by atoms with E-state index in [2.05, 4.69) is 15.5 Å². The Labute approximate surface area is 148 Å². The first-order chi connectivity index (χ1) is 11.8. The van der Waals surface area contributed by atoms with Crippen molar-refractivity contribution in [1.29, 1.82) is 0 Å². The molecule has 1 heterocycles. The summed E-state index contributed by atoms with van der Waals surface area (Å²) < 4.78 is 1.45. The number of aryl methyl sites for hydroxylation is 2. The molecule has 0 saturated carbocycles. The van der Waals surface area contributed by atoms with E-state index in [0.717, 1.165) is 29.3 Å². The van der Waals surface area contributed by atoms with E-state index >= 15 is 0 Å². The number of aromatic amines is 1. The Balaban J connectivity index is 2.10. The van der Waals surface area contributed by atoms with Crippen LogP contribution in [0.2, 0.25) is 0 Å². The van der Waals surface area contributed by atoms with Gasteiger partial charge in [0.15, 0.2) is 5.16 Å². The molecule has 9 nitrogen and oxygen atoms in total. The molecule has 25 heavy (non-hydrogen) atoms. The molecular formula is C15H19N5O4S. The Kier molecular flexibility index (Phi) is 5.97. The number of nitro groups is 1. The van der Waals surface area contributed by atoms with Crippen molar-refractivity contribution in [2.24, 2.45) is 0 Å². The third-order valence-corrected chi connectivity index (χ3v) is 4.56. The lowest BCUT2D eigenvalue weighted by Gasteiger charge is -2.09. The second-order valence-electron chi connectivity index (χ2n) is 5.51. The molecule has 0 aliphatic heterocycles. The largest absolute Gasteiger partial charge is 0.343 e. The Hall–Kier alpha value is -2.62. The number of hydrogen-bond donors (Lipinski definition) is 2. The average Bonchev–Trinajstić information content (AvgIpc) is 2.89. The summed E-state index contributed by atoms with van der Waals surface area (Å²) in [6, 6.07) is 3.02. The monoisotopic (exact) mass is 365 g/mol. The lowest BCUT2D eigenvalue weighted by molar-refractivity contribution is -0.384. The predicted octanol–water partition coefficient (Wildman–Crippen LogP) is 2.24. The Morgan fingerprint density at radius 3 is 2.72 bits per heavy atom. The highest BCUT2D eigenvalue weighted by Gasteiger charge is 2.18. The molecule has 0 aliphatic rings. The van der Waals surface area contributed by atoms with Gasteiger partial charge in [-0.2, -0.15) is 0 Å². The van der Waals surface area contributed by atoms with Gasteiger partial charge in [0.05, 0.1) is 10.7 Å². The SMILES string of the molecule is CCCn1c(SCC(=O)Nc2cc(C)c(C)cc2[N+](=O)[O-])n[nH]c1=O. The van der Waals surface area contributed by atoms with E-state index < -0.39 is 10.8 Å². The van der Waals surface area contributed by atoms with Crippen molar-refractivity contribution in [2.45, 2.75) is 38.9 Å². The highest BCUT2D eigenvalue weighted by atomic mass is 32.2. The van der Waals surface area contributed by atoms with E-state index in [9.17, 15) is 19.7 Å². The van der Waals surface area contributed by atoms with Crippen LogP contribution in [0.3, 0.4) is 0 Å². The average molecular weight is 365 g/mol. The highest BCUT2D eigenvalue weighted by Crippen LogP contribution is 2.28. The molecule has 0 radical (unpaired) electrons. The van der Waals surface area contributed by atoms with Crippen LogP contribution in [-0.4, -0.2) is 31.3 Å². The predicted molar refractivity (Wildman–Crippen MR) is 95.1 cm³/mol. The topological polar surface area (TPSA) is 123 Å². The number of hydrogen-bond acceptors (Lipinski definition) is 6. The summed E-state index contributed by atoms with van der Waals surface area (Å²) in [6.45, 7) is 6.02. The minimum Gasteiger partial charge on any atom is -0.320 e. The minimum atomic E-state index is -0.526. The minimum absolute atomic E-state index is 0.0158. The molecule has 0 fully saturated rings. The number of H-pyrrole nitrogens is 1. The van der Waals surface area contributed by atoms with Gasteiger partial charge in [-0.25, -0.2) is 9.89 Å². The van der Waals surface area contributed by atoms with Crippen molar-refractivity contribution in [3.8, 4) is 0 Å². The number of thioether (sulfide) groups is 1. The number of rotatable bonds is 7. The van der Waals surface area contributed by atoms with Gasteiger partial charge in [0.2, 0.25) is 5.91 Å². The van der Waals surface area contributed by atoms with Crippen molar-refractivity contribution >= 4 is 29.0 Å². The van der Waals surface area contributed by atoms with E-state index in [1.807, 2.05) is 13.8 Å². The molecule has 2 N–H and O–H groups in total. The molecule has 0 atom stereocenters. The van der Waals surface area contributed by atoms with Gasteiger partial charge in [0.25, 0.3) is 5.69 Å². The Morgan fingerprint density at radius 1 is 1.40 bits per heavy atom. The molecule has 134 valence electrons. The first kappa shape index (κ1) is 18.7. The number of aromatic nitrogens is 3. The zero-order chi connectivity index (χ0) is 18.6. The summed E-state index contributed by atoms with van der Waals surface area (Å²) in [7, 11) is 0. The number of amides is 1. The number of carbonyl (C=O) groups excluding carboxylic acids is 1. The maximum absolute atomic E-state index is 12.2. The van der Waals surface area contributed by atoms with Crippen LogP contribution in [-0.2, 0) is 11.3 Å². The molecule has 0 aliphatic carbocycles. The number of anilines is 1. The number of nitrogens with one attached hydrogen (secondary N) is 2. The smallest absolute Gasteiger partial charge is 0.320 e. The van der Waals surface area contributed by atoms with Gasteiger partial charge in [-0.1, -0.05) is 18.7 Å². The van der Waals surface area contributed by atoms with Crippen LogP contribution >= 0.6 is 11.8 Å². The Morgan fingerprint density at radius 2 is 2.08 bits per heavy atom. The summed E-state index contributed by atoms with van der Waals surface area (Å²) in [4.78, 5) is 34.4. The van der Waals surface area contributed by atoms with Crippen molar-refractivity contribution in [2.75, 3.05) is 11.1 Å². The molecule has 2 aromatic rings. The summed E-state index contributed by atoms with van der Waals surface area (Å²) >= 11 is 1.10. The van der Waals surface area contributed by atoms with Gasteiger partial charge in [-0.15, -0.1) is 5.10 Å². The van der Waals surface area contributed by atoms with Crippen LogP contribution in [0.25, 0.3) is 0 Å². The molecular weight excluding hydrogens is 346 g/mol. The summed E-state index contributed by atoms with van der Waals surface area (Å²) in [5, 5.41) is 20.4. The van der Waals surface area contributed by atoms with Gasteiger partial charge < -0.3 is 5.32 Å². The number of nitrogens with zero attached hydrogens (tertiary/aromatic N) is 3. The second kappa shape index (κ2) is 7.97. The van der Waals surface area contributed by atoms with Crippen LogP contribution in [0.5, 0.6) is 0 Å². The second-order valence-corrected chi connectivity index (χ2v) is 6.45. The van der Waals surface area contributed by atoms with E-state index in [1.165, 1.54) is 10.6 Å². The van der Waals surface area contributed by atoms with Crippen LogP contribution < -0.4 is 11.0 Å². The number of benzene rings is 1. The van der Waals surface area contributed by atoms with E-state index in [-0.39, 0.29) is 22.8 Å². The number of nitro benzene ring substituents is 1. The fourth-order valence-electron chi connectivity index (χ4n) is 2.20. The quantitative estimate of drug-likeness (QED) is 0.441. The molecule has 1 amide bonds. The molecule has 1 aromatic heterocycles. The molecule has 10 heteroatoms. The third-order valence-electron chi connectivity index (χ3n) is 3.59. The van der Waals surface area contributed by atoms with Crippen LogP contribution in [0.15, 0.2) is 22.1 Å². The lowest BCUT2D eigenvalue weighted by atomic mass is 10.1. The van der Waals surface area contributed by atoms with Gasteiger partial charge in [-0.05, 0) is 37.5 Å². The van der Waals surface area contributed by atoms with E-state index in [0.29, 0.717) is 11.7 Å². The number of carbonyl (C=O) groups is 1. The lowest BCUT2D eigenvalue weighted by Crippen LogP contribution is -2.19. The third kappa shape index (κ3) is 4.47. The summed E-state index contributed by atoms with van der Waals surface area (Å²) in [6.07, 6.45) is 0.758. The first-order valence-corrected chi connectivity index (χ1v) is 8.65. The molecule has 2 rings (SSSR count). The van der Waals surface area contributed by atoms with Gasteiger partial charge >= 0.3 is 5.69 Å². The molecule has 0 unspecified atom stereocenters. The van der Waals surface area contributed by atoms with Gasteiger partial charge in [0, 0.05) is 12.6 Å². The molecule has 1 aromatic carbocycles. The van der Waals surface area contributed by atoms with Crippen molar-refractivity contribution < 1.29 is 9.72 Å². The fraction of sp³-hybridized carbons (Fsp3) is 0.400. The molecule has 0 bridgehead atoms. The highest BCUT2D eigenvalue weighted by molar-refractivity contribution is 7.99. The van der Waals surface area contributed by atoms with Crippen LogP contribution in [0, 0.1) is 24.0 Å². The zero-order valence-electron chi connectivity index (χ0n) is 14.2. The summed E-state index contributed by atoms with van der Waals surface area (Å²) in [5.74, 6) is -0.423. The van der Waals surface area contributed by atoms with Gasteiger partial charge in [-0.3, -0.25) is 19.5 Å². The maximum Gasteiger partial charge on any atom is 0.343 e. The molecule has 0 spiro atoms. The molecule has 0 saturated heterocycles. The van der Waals surface area contributed by atoms with E-state index in [1.54, 1.807) is 13.0 Å².